The van der Waals surface area contributed by atoms with Crippen LogP contribution in [0.3, 0.4) is 0 Å². The minimum absolute atomic E-state index is 1.04. The topological polar surface area (TPSA) is 0 Å². The van der Waals surface area contributed by atoms with E-state index in [0.29, 0.717) is 0 Å². The van der Waals surface area contributed by atoms with Crippen LogP contribution in [0.4, 0.5) is 0 Å². The second kappa shape index (κ2) is 9.07. The van der Waals surface area contributed by atoms with Crippen molar-refractivity contribution in [2.75, 3.05) is 0 Å². The van der Waals surface area contributed by atoms with Crippen LogP contribution in [-0.4, -0.2) is 0 Å². The molecule has 2 aliphatic carbocycles. The van der Waals surface area contributed by atoms with Gasteiger partial charge in [-0.3, -0.25) is 0 Å². The molecule has 2 bridgehead atoms. The highest BCUT2D eigenvalue weighted by atomic mass is 14.4. The Labute approximate surface area is 104 Å². The quantitative estimate of drug-likeness (QED) is 0.481. The van der Waals surface area contributed by atoms with Crippen molar-refractivity contribution in [3.8, 4) is 0 Å². The SMILES string of the molecule is CC1CC2CCC(C1)C2C.CCC.CCC. The Morgan fingerprint density at radius 1 is 0.750 bits per heavy atom. The van der Waals surface area contributed by atoms with Crippen molar-refractivity contribution >= 4 is 0 Å². The Bertz CT molecular complexity index is 134. The molecule has 2 rings (SSSR count). The zero-order valence-electron chi connectivity index (χ0n) is 12.6. The second-order valence-corrected chi connectivity index (χ2v) is 5.95. The minimum atomic E-state index is 1.04. The summed E-state index contributed by atoms with van der Waals surface area (Å²) < 4.78 is 0. The monoisotopic (exact) mass is 226 g/mol. The normalized spacial score (nSPS) is 35.6. The van der Waals surface area contributed by atoms with Crippen LogP contribution in [0.15, 0.2) is 0 Å². The average molecular weight is 226 g/mol. The van der Waals surface area contributed by atoms with E-state index in [0.717, 1.165) is 23.7 Å². The lowest BCUT2D eigenvalue weighted by Crippen LogP contribution is -2.22. The predicted octanol–water partition coefficient (Wildman–Crippen LogP) is 5.91. The van der Waals surface area contributed by atoms with Gasteiger partial charge in [0.15, 0.2) is 0 Å². The van der Waals surface area contributed by atoms with Crippen molar-refractivity contribution < 1.29 is 0 Å². The van der Waals surface area contributed by atoms with Gasteiger partial charge in [-0.15, -0.1) is 0 Å². The van der Waals surface area contributed by atoms with Crippen molar-refractivity contribution in [1.29, 1.82) is 0 Å². The number of hydrogen-bond donors (Lipinski definition) is 0. The minimum Gasteiger partial charge on any atom is -0.0656 e. The number of hydrogen-bond acceptors (Lipinski definition) is 0. The summed E-state index contributed by atoms with van der Waals surface area (Å²) >= 11 is 0. The first kappa shape index (κ1) is 16.0. The second-order valence-electron chi connectivity index (χ2n) is 5.95. The van der Waals surface area contributed by atoms with Gasteiger partial charge in [-0.1, -0.05) is 54.4 Å². The highest BCUT2D eigenvalue weighted by Crippen LogP contribution is 2.48. The third kappa shape index (κ3) is 5.37. The van der Waals surface area contributed by atoms with Gasteiger partial charge in [-0.2, -0.15) is 0 Å². The first-order valence-corrected chi connectivity index (χ1v) is 7.60. The Morgan fingerprint density at radius 3 is 1.38 bits per heavy atom. The van der Waals surface area contributed by atoms with E-state index >= 15 is 0 Å². The van der Waals surface area contributed by atoms with Crippen molar-refractivity contribution in [1.82, 2.24) is 0 Å². The van der Waals surface area contributed by atoms with Crippen LogP contribution in [-0.2, 0) is 0 Å². The summed E-state index contributed by atoms with van der Waals surface area (Å²) in [5.41, 5.74) is 0. The molecule has 2 fully saturated rings. The molecule has 0 spiro atoms. The molecule has 2 saturated carbocycles. The van der Waals surface area contributed by atoms with Gasteiger partial charge in [-0.25, -0.2) is 0 Å². The Morgan fingerprint density at radius 2 is 1.06 bits per heavy atom. The van der Waals surface area contributed by atoms with Crippen LogP contribution < -0.4 is 0 Å². The van der Waals surface area contributed by atoms with Crippen LogP contribution in [0.5, 0.6) is 0 Å². The summed E-state index contributed by atoms with van der Waals surface area (Å²) in [6, 6.07) is 0. The van der Waals surface area contributed by atoms with E-state index in [1.165, 1.54) is 38.5 Å². The molecular weight excluding hydrogens is 192 g/mol. The lowest BCUT2D eigenvalue weighted by molar-refractivity contribution is 0.194. The third-order valence-electron chi connectivity index (χ3n) is 3.81. The summed E-state index contributed by atoms with van der Waals surface area (Å²) in [6.45, 7) is 13.4. The average Bonchev–Trinajstić information content (AvgIpc) is 2.46. The van der Waals surface area contributed by atoms with Crippen LogP contribution in [0.2, 0.25) is 0 Å². The molecule has 0 nitrogen and oxygen atoms in total. The summed E-state index contributed by atoms with van der Waals surface area (Å²) in [6.07, 6.45) is 8.63. The highest BCUT2D eigenvalue weighted by molar-refractivity contribution is 4.88. The molecule has 0 amide bonds. The summed E-state index contributed by atoms with van der Waals surface area (Å²) in [7, 11) is 0. The maximum Gasteiger partial charge on any atom is -0.0383 e. The van der Waals surface area contributed by atoms with Crippen molar-refractivity contribution in [2.45, 2.75) is 80.1 Å². The largest absolute Gasteiger partial charge is 0.0656 e. The fourth-order valence-corrected chi connectivity index (χ4v) is 3.13. The molecule has 0 radical (unpaired) electrons. The Kier molecular flexibility index (Phi) is 9.07. The molecule has 0 aliphatic heterocycles. The van der Waals surface area contributed by atoms with E-state index in [1.807, 2.05) is 0 Å². The predicted molar refractivity (Wildman–Crippen MR) is 75.7 cm³/mol. The highest BCUT2D eigenvalue weighted by Gasteiger charge is 2.38. The maximum absolute atomic E-state index is 2.47. The molecule has 2 unspecified atom stereocenters. The van der Waals surface area contributed by atoms with E-state index in [1.54, 1.807) is 0 Å². The summed E-state index contributed by atoms with van der Waals surface area (Å²) in [4.78, 5) is 0. The molecular formula is C16H34. The van der Waals surface area contributed by atoms with Gasteiger partial charge in [0.2, 0.25) is 0 Å². The van der Waals surface area contributed by atoms with E-state index in [-0.39, 0.29) is 0 Å². The third-order valence-corrected chi connectivity index (χ3v) is 3.81. The molecule has 0 aromatic carbocycles. The molecule has 0 heteroatoms. The van der Waals surface area contributed by atoms with Crippen LogP contribution in [0.25, 0.3) is 0 Å². The van der Waals surface area contributed by atoms with Gasteiger partial charge < -0.3 is 0 Å². The van der Waals surface area contributed by atoms with E-state index in [4.69, 9.17) is 0 Å². The van der Waals surface area contributed by atoms with E-state index < -0.39 is 0 Å². The lowest BCUT2D eigenvalue weighted by atomic mass is 9.75. The van der Waals surface area contributed by atoms with Crippen molar-refractivity contribution in [3.63, 3.8) is 0 Å². The molecule has 16 heavy (non-hydrogen) atoms. The molecule has 0 saturated heterocycles. The Balaban J connectivity index is 0.000000321. The van der Waals surface area contributed by atoms with Gasteiger partial charge in [0.1, 0.15) is 0 Å². The van der Waals surface area contributed by atoms with Crippen molar-refractivity contribution in [2.24, 2.45) is 23.7 Å². The first-order valence-electron chi connectivity index (χ1n) is 7.60. The lowest BCUT2D eigenvalue weighted by Gasteiger charge is -2.31. The van der Waals surface area contributed by atoms with Crippen molar-refractivity contribution in [3.05, 3.63) is 0 Å². The van der Waals surface area contributed by atoms with Gasteiger partial charge in [-0.05, 0) is 49.4 Å². The Hall–Kier alpha value is 0. The molecule has 0 aromatic heterocycles. The number of rotatable bonds is 0. The van der Waals surface area contributed by atoms with Crippen LogP contribution in [0.1, 0.15) is 80.1 Å². The summed E-state index contributed by atoms with van der Waals surface area (Å²) in [5, 5.41) is 0. The fraction of sp³-hybridized carbons (Fsp3) is 1.00. The molecule has 0 N–H and O–H groups in total. The van der Waals surface area contributed by atoms with Crippen LogP contribution >= 0.6 is 0 Å². The molecule has 98 valence electrons. The standard InChI is InChI=1S/C10H18.2C3H8/c1-7-5-9-3-4-10(6-7)8(9)2;2*1-3-2/h7-10H,3-6H2,1-2H3;2*3H2,1-2H3. The number of fused-ring (bicyclic) bond motifs is 2. The van der Waals surface area contributed by atoms with Crippen LogP contribution in [0, 0.1) is 23.7 Å². The first-order chi connectivity index (χ1) is 7.60. The molecule has 0 heterocycles. The molecule has 2 atom stereocenters. The summed E-state index contributed by atoms with van der Waals surface area (Å²) in [5.74, 6) is 4.31. The van der Waals surface area contributed by atoms with E-state index in [2.05, 4.69) is 41.5 Å². The molecule has 0 aromatic rings. The van der Waals surface area contributed by atoms with Gasteiger partial charge >= 0.3 is 0 Å². The van der Waals surface area contributed by atoms with Gasteiger partial charge in [0, 0.05) is 0 Å². The zero-order valence-corrected chi connectivity index (χ0v) is 12.6. The van der Waals surface area contributed by atoms with Gasteiger partial charge in [0.25, 0.3) is 0 Å². The maximum atomic E-state index is 2.47. The zero-order chi connectivity index (χ0) is 12.6. The fourth-order valence-electron chi connectivity index (χ4n) is 3.13. The smallest absolute Gasteiger partial charge is 0.0383 e. The van der Waals surface area contributed by atoms with E-state index in [9.17, 15) is 0 Å². The van der Waals surface area contributed by atoms with Gasteiger partial charge in [0.05, 0.1) is 0 Å². The molecule has 2 aliphatic rings.